The maximum absolute atomic E-state index is 12.3. The van der Waals surface area contributed by atoms with Gasteiger partial charge in [0.05, 0.1) is 13.2 Å². The lowest BCUT2D eigenvalue weighted by Crippen LogP contribution is -2.39. The molecule has 31 heavy (non-hydrogen) atoms. The molecule has 0 unspecified atom stereocenters. The summed E-state index contributed by atoms with van der Waals surface area (Å²) < 4.78 is 5.68. The van der Waals surface area contributed by atoms with Crippen molar-refractivity contribution in [3.05, 3.63) is 34.9 Å². The second-order valence-electron chi connectivity index (χ2n) is 8.44. The molecule has 166 valence electrons. The number of nitrogen functional groups attached to an aromatic ring is 1. The summed E-state index contributed by atoms with van der Waals surface area (Å²) in [6, 6.07) is 6.80. The Hall–Kier alpha value is -2.87. The molecule has 2 aliphatic rings. The van der Waals surface area contributed by atoms with Crippen molar-refractivity contribution in [2.24, 2.45) is 0 Å². The molecule has 0 bridgehead atoms. The van der Waals surface area contributed by atoms with Gasteiger partial charge in [-0.05, 0) is 56.0 Å². The van der Waals surface area contributed by atoms with Gasteiger partial charge in [-0.1, -0.05) is 31.5 Å². The Labute approximate surface area is 183 Å². The Kier molecular flexibility index (Phi) is 6.56. The number of benzene rings is 1. The highest BCUT2D eigenvalue weighted by Gasteiger charge is 2.27. The summed E-state index contributed by atoms with van der Waals surface area (Å²) >= 11 is 0. The standard InChI is InChI=1S/C23H32N6O2/c1-3-4-11-31-23-26-21(24)20-22(27-23)29(15-19(30)25-20)13-17-8-7-16(2)18(12-17)14-28-9-5-6-10-28/h7-8,12H,3-6,9-11,13-15H2,1-2H3,(H,25,30)(H2,24,26,27). The molecule has 4 rings (SSSR count). The van der Waals surface area contributed by atoms with Gasteiger partial charge in [0, 0.05) is 13.1 Å². The third-order valence-electron chi connectivity index (χ3n) is 5.90. The van der Waals surface area contributed by atoms with E-state index in [1.165, 1.54) is 37.1 Å². The molecule has 3 heterocycles. The molecule has 1 aromatic heterocycles. The van der Waals surface area contributed by atoms with Crippen LogP contribution in [0.2, 0.25) is 0 Å². The van der Waals surface area contributed by atoms with Crippen LogP contribution in [0.4, 0.5) is 17.3 Å². The number of rotatable bonds is 8. The predicted molar refractivity (Wildman–Crippen MR) is 122 cm³/mol. The highest BCUT2D eigenvalue weighted by molar-refractivity contribution is 6.03. The normalized spacial score (nSPS) is 16.3. The molecule has 0 radical (unpaired) electrons. The van der Waals surface area contributed by atoms with E-state index in [1.807, 2.05) is 4.90 Å². The number of carbonyl (C=O) groups excluding carboxylic acids is 1. The number of likely N-dealkylation sites (tertiary alicyclic amines) is 1. The van der Waals surface area contributed by atoms with E-state index in [-0.39, 0.29) is 24.3 Å². The minimum atomic E-state index is -0.119. The average Bonchev–Trinajstić information content (AvgIpc) is 3.25. The molecule has 1 saturated heterocycles. The first-order valence-electron chi connectivity index (χ1n) is 11.2. The van der Waals surface area contributed by atoms with Crippen LogP contribution in [0.1, 0.15) is 49.3 Å². The summed E-state index contributed by atoms with van der Waals surface area (Å²) in [5.41, 5.74) is 10.4. The molecule has 1 amide bonds. The molecular formula is C23H32N6O2. The van der Waals surface area contributed by atoms with Crippen molar-refractivity contribution in [3.8, 4) is 6.01 Å². The first-order valence-corrected chi connectivity index (χ1v) is 11.2. The SMILES string of the molecule is CCCCOc1nc(N)c2c(n1)N(Cc1ccc(C)c(CN3CCCC3)c1)CC(=O)N2. The van der Waals surface area contributed by atoms with Crippen LogP contribution >= 0.6 is 0 Å². The van der Waals surface area contributed by atoms with E-state index in [2.05, 4.69) is 52.2 Å². The molecule has 1 fully saturated rings. The van der Waals surface area contributed by atoms with Crippen molar-refractivity contribution in [2.75, 3.05) is 42.2 Å². The fraction of sp³-hybridized carbons (Fsp3) is 0.522. The first-order chi connectivity index (χ1) is 15.0. The van der Waals surface area contributed by atoms with Crippen LogP contribution < -0.4 is 20.7 Å². The van der Waals surface area contributed by atoms with Crippen LogP contribution in [-0.4, -0.2) is 47.0 Å². The molecule has 8 nitrogen and oxygen atoms in total. The van der Waals surface area contributed by atoms with Gasteiger partial charge in [-0.15, -0.1) is 0 Å². The van der Waals surface area contributed by atoms with Gasteiger partial charge in [-0.3, -0.25) is 9.69 Å². The first kappa shape index (κ1) is 21.4. The van der Waals surface area contributed by atoms with Crippen molar-refractivity contribution in [1.29, 1.82) is 0 Å². The number of carbonyl (C=O) groups is 1. The van der Waals surface area contributed by atoms with Gasteiger partial charge >= 0.3 is 6.01 Å². The molecule has 2 aromatic rings. The lowest BCUT2D eigenvalue weighted by molar-refractivity contribution is -0.115. The Morgan fingerprint density at radius 1 is 1.19 bits per heavy atom. The zero-order chi connectivity index (χ0) is 21.8. The maximum Gasteiger partial charge on any atom is 0.320 e. The van der Waals surface area contributed by atoms with Crippen molar-refractivity contribution in [2.45, 2.75) is 52.6 Å². The van der Waals surface area contributed by atoms with Gasteiger partial charge in [0.2, 0.25) is 5.91 Å². The van der Waals surface area contributed by atoms with Crippen LogP contribution in [-0.2, 0) is 17.9 Å². The minimum absolute atomic E-state index is 0.119. The third-order valence-corrected chi connectivity index (χ3v) is 5.90. The molecule has 0 atom stereocenters. The number of aryl methyl sites for hydroxylation is 1. The van der Waals surface area contributed by atoms with E-state index in [9.17, 15) is 4.79 Å². The third kappa shape index (κ3) is 5.07. The van der Waals surface area contributed by atoms with E-state index < -0.39 is 0 Å². The highest BCUT2D eigenvalue weighted by Crippen LogP contribution is 2.34. The largest absolute Gasteiger partial charge is 0.463 e. The molecule has 0 spiro atoms. The molecule has 0 aliphatic carbocycles. The molecule has 8 heteroatoms. The topological polar surface area (TPSA) is 96.6 Å². The number of anilines is 3. The van der Waals surface area contributed by atoms with Crippen LogP contribution in [0.25, 0.3) is 0 Å². The molecular weight excluding hydrogens is 392 g/mol. The fourth-order valence-electron chi connectivity index (χ4n) is 4.12. The molecule has 0 saturated carbocycles. The van der Waals surface area contributed by atoms with Crippen LogP contribution in [0, 0.1) is 6.92 Å². The summed E-state index contributed by atoms with van der Waals surface area (Å²) in [6.07, 6.45) is 4.50. The number of aromatic nitrogens is 2. The van der Waals surface area contributed by atoms with Crippen molar-refractivity contribution in [1.82, 2.24) is 14.9 Å². The quantitative estimate of drug-likeness (QED) is 0.629. The molecule has 1 aromatic carbocycles. The molecule has 2 aliphatic heterocycles. The van der Waals surface area contributed by atoms with E-state index >= 15 is 0 Å². The van der Waals surface area contributed by atoms with Gasteiger partial charge < -0.3 is 20.7 Å². The van der Waals surface area contributed by atoms with E-state index in [0.717, 1.165) is 24.9 Å². The number of ether oxygens (including phenoxy) is 1. The number of fused-ring (bicyclic) bond motifs is 1. The van der Waals surface area contributed by atoms with E-state index in [0.29, 0.717) is 24.7 Å². The summed E-state index contributed by atoms with van der Waals surface area (Å²) in [5.74, 6) is 0.722. The monoisotopic (exact) mass is 424 g/mol. The summed E-state index contributed by atoms with van der Waals surface area (Å²) in [7, 11) is 0. The fourth-order valence-corrected chi connectivity index (χ4v) is 4.12. The zero-order valence-electron chi connectivity index (χ0n) is 18.5. The minimum Gasteiger partial charge on any atom is -0.463 e. The highest BCUT2D eigenvalue weighted by atomic mass is 16.5. The van der Waals surface area contributed by atoms with Crippen molar-refractivity contribution >= 4 is 23.2 Å². The number of unbranched alkanes of at least 4 members (excludes halogenated alkanes) is 1. The average molecular weight is 425 g/mol. The Morgan fingerprint density at radius 3 is 2.77 bits per heavy atom. The Morgan fingerprint density at radius 2 is 2.00 bits per heavy atom. The smallest absolute Gasteiger partial charge is 0.320 e. The summed E-state index contributed by atoms with van der Waals surface area (Å²) in [6.45, 7) is 8.89. The zero-order valence-corrected chi connectivity index (χ0v) is 18.5. The summed E-state index contributed by atoms with van der Waals surface area (Å²) in [5, 5.41) is 2.81. The van der Waals surface area contributed by atoms with Crippen molar-refractivity contribution < 1.29 is 9.53 Å². The predicted octanol–water partition coefficient (Wildman–Crippen LogP) is 3.10. The lowest BCUT2D eigenvalue weighted by atomic mass is 10.0. The second kappa shape index (κ2) is 9.51. The summed E-state index contributed by atoms with van der Waals surface area (Å²) in [4.78, 5) is 25.6. The maximum atomic E-state index is 12.3. The van der Waals surface area contributed by atoms with Gasteiger partial charge in [0.15, 0.2) is 11.6 Å². The van der Waals surface area contributed by atoms with Crippen LogP contribution in [0.15, 0.2) is 18.2 Å². The lowest BCUT2D eigenvalue weighted by Gasteiger charge is -2.30. The van der Waals surface area contributed by atoms with E-state index in [1.54, 1.807) is 0 Å². The number of nitrogens with one attached hydrogen (secondary N) is 1. The van der Waals surface area contributed by atoms with Gasteiger partial charge in [-0.2, -0.15) is 9.97 Å². The number of nitrogens with two attached hydrogens (primary N) is 1. The van der Waals surface area contributed by atoms with Crippen LogP contribution in [0.3, 0.4) is 0 Å². The Balaban J connectivity index is 1.57. The van der Waals surface area contributed by atoms with Gasteiger partial charge in [0.25, 0.3) is 0 Å². The second-order valence-corrected chi connectivity index (χ2v) is 8.44. The van der Waals surface area contributed by atoms with Crippen LogP contribution in [0.5, 0.6) is 6.01 Å². The number of amides is 1. The van der Waals surface area contributed by atoms with Gasteiger partial charge in [-0.25, -0.2) is 0 Å². The van der Waals surface area contributed by atoms with Crippen molar-refractivity contribution in [3.63, 3.8) is 0 Å². The van der Waals surface area contributed by atoms with Gasteiger partial charge in [0.1, 0.15) is 5.69 Å². The number of hydrogen-bond donors (Lipinski definition) is 2. The Bertz CT molecular complexity index is 942. The number of hydrogen-bond acceptors (Lipinski definition) is 7. The molecule has 3 N–H and O–H groups in total. The van der Waals surface area contributed by atoms with E-state index in [4.69, 9.17) is 10.5 Å². The number of nitrogens with zero attached hydrogens (tertiary/aromatic N) is 4.